The molecule has 0 saturated carbocycles. The molecule has 6 heteroatoms. The van der Waals surface area contributed by atoms with Gasteiger partial charge in [0.15, 0.2) is 11.5 Å². The zero-order chi connectivity index (χ0) is 12.7. The molecule has 3 rings (SSSR count). The number of hydrogen-bond acceptors (Lipinski definition) is 3. The minimum Gasteiger partial charge on any atom is -0.476 e. The first-order chi connectivity index (χ1) is 8.66. The Kier molecular flexibility index (Phi) is 2.99. The highest BCUT2D eigenvalue weighted by Gasteiger charge is 2.25. The van der Waals surface area contributed by atoms with Gasteiger partial charge in [0.25, 0.3) is 0 Å². The maximum absolute atomic E-state index is 11.2. The lowest BCUT2D eigenvalue weighted by molar-refractivity contribution is 0.0689. The average Bonchev–Trinajstić information content (AvgIpc) is 2.92. The summed E-state index contributed by atoms with van der Waals surface area (Å²) in [5.74, 6) is -0.139. The lowest BCUT2D eigenvalue weighted by Crippen LogP contribution is -2.13. The molecule has 2 aromatic rings. The first kappa shape index (κ1) is 11.9. The van der Waals surface area contributed by atoms with Gasteiger partial charge in [-0.2, -0.15) is 0 Å². The summed E-state index contributed by atoms with van der Waals surface area (Å²) in [5.41, 5.74) is 1.09. The highest BCUT2D eigenvalue weighted by molar-refractivity contribution is 9.11. The van der Waals surface area contributed by atoms with E-state index < -0.39 is 5.97 Å². The molecule has 0 saturated heterocycles. The van der Waals surface area contributed by atoms with Crippen LogP contribution in [-0.4, -0.2) is 20.6 Å². The lowest BCUT2D eigenvalue weighted by atomic mass is 10.1. The van der Waals surface area contributed by atoms with Gasteiger partial charge in [-0.05, 0) is 47.3 Å². The van der Waals surface area contributed by atoms with E-state index in [1.807, 2.05) is 12.1 Å². The van der Waals surface area contributed by atoms with E-state index in [-0.39, 0.29) is 5.69 Å². The molecule has 0 fully saturated rings. The molecule has 4 nitrogen and oxygen atoms in total. The second-order valence-corrected chi connectivity index (χ2v) is 6.71. The van der Waals surface area contributed by atoms with E-state index in [1.54, 1.807) is 11.3 Å². The summed E-state index contributed by atoms with van der Waals surface area (Å²) in [6.07, 6.45) is 2.93. The first-order valence-electron chi connectivity index (χ1n) is 5.75. The summed E-state index contributed by atoms with van der Waals surface area (Å²) in [5, 5.41) is 9.22. The van der Waals surface area contributed by atoms with E-state index in [1.165, 1.54) is 0 Å². The van der Waals surface area contributed by atoms with Crippen LogP contribution >= 0.6 is 27.3 Å². The van der Waals surface area contributed by atoms with Gasteiger partial charge in [0.1, 0.15) is 0 Å². The van der Waals surface area contributed by atoms with E-state index in [0.29, 0.717) is 0 Å². The van der Waals surface area contributed by atoms with Crippen LogP contribution in [0.25, 0.3) is 10.7 Å². The average molecular weight is 327 g/mol. The van der Waals surface area contributed by atoms with Gasteiger partial charge in [-0.25, -0.2) is 9.78 Å². The van der Waals surface area contributed by atoms with Crippen molar-refractivity contribution in [2.45, 2.75) is 25.8 Å². The molecule has 0 aromatic carbocycles. The van der Waals surface area contributed by atoms with Crippen LogP contribution in [0, 0.1) is 0 Å². The third kappa shape index (κ3) is 1.89. The lowest BCUT2D eigenvalue weighted by Gasteiger charge is -2.16. The zero-order valence-corrected chi connectivity index (χ0v) is 11.9. The number of fused-ring (bicyclic) bond motifs is 1. The zero-order valence-electron chi connectivity index (χ0n) is 9.52. The minimum absolute atomic E-state index is 0.217. The quantitative estimate of drug-likeness (QED) is 0.920. The molecule has 18 heavy (non-hydrogen) atoms. The summed E-state index contributed by atoms with van der Waals surface area (Å²) in [4.78, 5) is 16.6. The van der Waals surface area contributed by atoms with Crippen LogP contribution in [0.15, 0.2) is 15.9 Å². The summed E-state index contributed by atoms with van der Waals surface area (Å²) in [7, 11) is 0. The Hall–Kier alpha value is -1.14. The number of imidazole rings is 1. The molecule has 0 radical (unpaired) electrons. The van der Waals surface area contributed by atoms with Crippen LogP contribution in [0.1, 0.15) is 29.0 Å². The highest BCUT2D eigenvalue weighted by Crippen LogP contribution is 2.33. The van der Waals surface area contributed by atoms with E-state index in [9.17, 15) is 9.90 Å². The Labute approximate surface area is 116 Å². The van der Waals surface area contributed by atoms with Crippen LogP contribution in [-0.2, 0) is 13.0 Å². The normalized spacial score (nSPS) is 14.5. The molecule has 1 aliphatic heterocycles. The molecule has 2 aromatic heterocycles. The monoisotopic (exact) mass is 326 g/mol. The molecule has 94 valence electrons. The molecule has 0 bridgehead atoms. The van der Waals surface area contributed by atoms with Gasteiger partial charge < -0.3 is 9.67 Å². The summed E-state index contributed by atoms with van der Waals surface area (Å²) < 4.78 is 3.09. The largest absolute Gasteiger partial charge is 0.476 e. The van der Waals surface area contributed by atoms with Crippen molar-refractivity contribution in [3.8, 4) is 10.7 Å². The fraction of sp³-hybridized carbons (Fsp3) is 0.333. The smallest absolute Gasteiger partial charge is 0.356 e. The van der Waals surface area contributed by atoms with Crippen LogP contribution in [0.2, 0.25) is 0 Å². The van der Waals surface area contributed by atoms with Gasteiger partial charge in [-0.15, -0.1) is 11.3 Å². The standard InChI is InChI=1S/C12H11BrN2O2S/c13-9-5-4-8(18-9)11-14-10(12(16)17)7-3-1-2-6-15(7)11/h4-5H,1-3,6H2,(H,16,17). The fourth-order valence-corrected chi connectivity index (χ4v) is 3.72. The number of aromatic carboxylic acids is 1. The van der Waals surface area contributed by atoms with Gasteiger partial charge in [0.05, 0.1) is 14.4 Å². The number of aromatic nitrogens is 2. The summed E-state index contributed by atoms with van der Waals surface area (Å²) >= 11 is 5.01. The van der Waals surface area contributed by atoms with Crippen LogP contribution in [0.3, 0.4) is 0 Å². The molecule has 0 amide bonds. The van der Waals surface area contributed by atoms with Crippen molar-refractivity contribution >= 4 is 33.2 Å². The molecule has 3 heterocycles. The SMILES string of the molecule is O=C(O)c1nc(-c2ccc(Br)s2)n2c1CCCC2. The van der Waals surface area contributed by atoms with E-state index >= 15 is 0 Å². The third-order valence-electron chi connectivity index (χ3n) is 3.11. The predicted molar refractivity (Wildman–Crippen MR) is 73.1 cm³/mol. The van der Waals surface area contributed by atoms with E-state index in [4.69, 9.17) is 0 Å². The summed E-state index contributed by atoms with van der Waals surface area (Å²) in [6, 6.07) is 3.94. The maximum Gasteiger partial charge on any atom is 0.356 e. The number of carbonyl (C=O) groups is 1. The maximum atomic E-state index is 11.2. The van der Waals surface area contributed by atoms with Crippen LogP contribution in [0.4, 0.5) is 0 Å². The second-order valence-electron chi connectivity index (χ2n) is 4.25. The van der Waals surface area contributed by atoms with Crippen molar-refractivity contribution < 1.29 is 9.90 Å². The number of thiophene rings is 1. The van der Waals surface area contributed by atoms with E-state index in [0.717, 1.165) is 46.0 Å². The molecule has 0 spiro atoms. The van der Waals surface area contributed by atoms with Gasteiger partial charge >= 0.3 is 5.97 Å². The predicted octanol–water partition coefficient (Wildman–Crippen LogP) is 3.41. The Bertz CT molecular complexity index is 618. The van der Waals surface area contributed by atoms with Gasteiger partial charge in [-0.3, -0.25) is 0 Å². The Morgan fingerprint density at radius 2 is 2.28 bits per heavy atom. The number of carboxylic acid groups (broad SMARTS) is 1. The minimum atomic E-state index is -0.928. The van der Waals surface area contributed by atoms with Crippen molar-refractivity contribution in [3.05, 3.63) is 27.3 Å². The van der Waals surface area contributed by atoms with Gasteiger partial charge in [0, 0.05) is 6.54 Å². The third-order valence-corrected chi connectivity index (χ3v) is 4.73. The van der Waals surface area contributed by atoms with Crippen LogP contribution < -0.4 is 0 Å². The first-order valence-corrected chi connectivity index (χ1v) is 7.36. The fourth-order valence-electron chi connectivity index (χ4n) is 2.34. The van der Waals surface area contributed by atoms with Gasteiger partial charge in [0.2, 0.25) is 0 Å². The molecule has 0 atom stereocenters. The van der Waals surface area contributed by atoms with Crippen molar-refractivity contribution in [3.63, 3.8) is 0 Å². The molecule has 1 N–H and O–H groups in total. The number of hydrogen-bond donors (Lipinski definition) is 1. The highest BCUT2D eigenvalue weighted by atomic mass is 79.9. The van der Waals surface area contributed by atoms with Crippen molar-refractivity contribution in [2.75, 3.05) is 0 Å². The Balaban J connectivity index is 2.18. The van der Waals surface area contributed by atoms with E-state index in [2.05, 4.69) is 25.5 Å². The van der Waals surface area contributed by atoms with Crippen molar-refractivity contribution in [1.29, 1.82) is 0 Å². The van der Waals surface area contributed by atoms with Gasteiger partial charge in [-0.1, -0.05) is 0 Å². The number of rotatable bonds is 2. The molecule has 1 aliphatic rings. The topological polar surface area (TPSA) is 55.1 Å². The Morgan fingerprint density at radius 1 is 1.44 bits per heavy atom. The Morgan fingerprint density at radius 3 is 2.94 bits per heavy atom. The molecular formula is C12H11BrN2O2S. The van der Waals surface area contributed by atoms with Crippen LogP contribution in [0.5, 0.6) is 0 Å². The number of nitrogens with zero attached hydrogens (tertiary/aromatic N) is 2. The van der Waals surface area contributed by atoms with Crippen molar-refractivity contribution in [2.24, 2.45) is 0 Å². The number of carboxylic acids is 1. The molecular weight excluding hydrogens is 316 g/mol. The number of halogens is 1. The molecule has 0 aliphatic carbocycles. The molecule has 0 unspecified atom stereocenters. The second kappa shape index (κ2) is 4.51. The summed E-state index contributed by atoms with van der Waals surface area (Å²) in [6.45, 7) is 0.862. The van der Waals surface area contributed by atoms with Crippen molar-refractivity contribution in [1.82, 2.24) is 9.55 Å².